The van der Waals surface area contributed by atoms with Crippen LogP contribution in [0.4, 0.5) is 5.69 Å². The van der Waals surface area contributed by atoms with Crippen molar-refractivity contribution in [1.29, 1.82) is 0 Å². The van der Waals surface area contributed by atoms with Gasteiger partial charge in [0.25, 0.3) is 17.4 Å². The van der Waals surface area contributed by atoms with E-state index in [9.17, 15) is 29.6 Å². The van der Waals surface area contributed by atoms with Crippen molar-refractivity contribution in [2.45, 2.75) is 40.2 Å². The molecule has 2 heterocycles. The number of ether oxygens (including phenoxy) is 1. The second-order valence-electron chi connectivity index (χ2n) is 8.84. The molecule has 1 fully saturated rings. The number of rotatable bonds is 10. The average molecular weight is 513 g/mol. The Bertz CT molecular complexity index is 1260. The zero-order chi connectivity index (χ0) is 27.4. The van der Waals surface area contributed by atoms with Gasteiger partial charge in [0.15, 0.2) is 0 Å². The molecule has 1 atom stereocenters. The van der Waals surface area contributed by atoms with E-state index in [0.29, 0.717) is 29.8 Å². The number of Topliss-reactive ketones (excluding diaryl/α,β-unsaturated/α-hetero) is 1. The number of amides is 1. The van der Waals surface area contributed by atoms with E-state index in [-0.39, 0.29) is 29.1 Å². The van der Waals surface area contributed by atoms with E-state index in [1.807, 2.05) is 13.8 Å². The highest BCUT2D eigenvalue weighted by Gasteiger charge is 2.46. The van der Waals surface area contributed by atoms with Crippen LogP contribution in [0, 0.1) is 24.0 Å². The molecule has 11 nitrogen and oxygen atoms in total. The van der Waals surface area contributed by atoms with E-state index < -0.39 is 34.4 Å². The van der Waals surface area contributed by atoms with Crippen molar-refractivity contribution >= 4 is 29.1 Å². The number of aromatic nitrogens is 1. The second kappa shape index (κ2) is 11.4. The molecule has 198 valence electrons. The Morgan fingerprint density at radius 1 is 1.24 bits per heavy atom. The van der Waals surface area contributed by atoms with Gasteiger partial charge in [-0.05, 0) is 51.0 Å². The van der Waals surface area contributed by atoms with Crippen molar-refractivity contribution in [3.63, 3.8) is 0 Å². The zero-order valence-electron chi connectivity index (χ0n) is 21.7. The summed E-state index contributed by atoms with van der Waals surface area (Å²) >= 11 is 0. The lowest BCUT2D eigenvalue weighted by molar-refractivity contribution is -0.384. The number of non-ortho nitro benzene ring substituents is 1. The number of H-pyrrole nitrogens is 1. The number of aliphatic hydroxyl groups is 1. The van der Waals surface area contributed by atoms with E-state index in [2.05, 4.69) is 9.88 Å². The molecule has 1 saturated heterocycles. The smallest absolute Gasteiger partial charge is 0.354 e. The fourth-order valence-corrected chi connectivity index (χ4v) is 4.82. The summed E-state index contributed by atoms with van der Waals surface area (Å²) in [7, 11) is 1.23. The number of nitro benzene ring substituents is 1. The number of nitrogens with zero attached hydrogens (tertiary/aromatic N) is 3. The lowest BCUT2D eigenvalue weighted by Crippen LogP contribution is -2.33. The summed E-state index contributed by atoms with van der Waals surface area (Å²) in [6, 6.07) is 4.65. The van der Waals surface area contributed by atoms with Crippen LogP contribution in [0.3, 0.4) is 0 Å². The number of methoxy groups -OCH3 is 1. The van der Waals surface area contributed by atoms with Gasteiger partial charge >= 0.3 is 5.97 Å². The van der Waals surface area contributed by atoms with Crippen LogP contribution in [0.1, 0.15) is 59.2 Å². The molecule has 3 rings (SSSR count). The molecule has 1 aliphatic heterocycles. The summed E-state index contributed by atoms with van der Waals surface area (Å²) in [4.78, 5) is 56.0. The zero-order valence-corrected chi connectivity index (χ0v) is 21.7. The number of likely N-dealkylation sites (tertiary alicyclic amines) is 1. The minimum Gasteiger partial charge on any atom is -0.507 e. The highest BCUT2D eigenvalue weighted by molar-refractivity contribution is 6.46. The molecule has 1 unspecified atom stereocenters. The number of carbonyl (C=O) groups is 3. The first-order valence-electron chi connectivity index (χ1n) is 12.1. The Morgan fingerprint density at radius 2 is 1.92 bits per heavy atom. The van der Waals surface area contributed by atoms with E-state index in [0.717, 1.165) is 13.1 Å². The molecule has 0 aliphatic carbocycles. The average Bonchev–Trinajstić information content (AvgIpc) is 3.32. The number of nitrogens with one attached hydrogen (secondary N) is 1. The van der Waals surface area contributed by atoms with E-state index in [1.54, 1.807) is 19.9 Å². The Hall–Kier alpha value is -3.99. The predicted molar refractivity (Wildman–Crippen MR) is 136 cm³/mol. The third-order valence-corrected chi connectivity index (χ3v) is 6.77. The largest absolute Gasteiger partial charge is 0.507 e. The summed E-state index contributed by atoms with van der Waals surface area (Å²) in [6.07, 6.45) is 0.564. The van der Waals surface area contributed by atoms with Gasteiger partial charge in [0.2, 0.25) is 0 Å². The number of benzene rings is 1. The number of aliphatic hydroxyl groups excluding tert-OH is 1. The van der Waals surface area contributed by atoms with Gasteiger partial charge in [-0.2, -0.15) is 0 Å². The second-order valence-corrected chi connectivity index (χ2v) is 8.84. The van der Waals surface area contributed by atoms with Gasteiger partial charge in [-0.15, -0.1) is 0 Å². The highest BCUT2D eigenvalue weighted by Crippen LogP contribution is 2.41. The van der Waals surface area contributed by atoms with Crippen molar-refractivity contribution in [2.75, 3.05) is 33.3 Å². The van der Waals surface area contributed by atoms with Crippen LogP contribution in [0.5, 0.6) is 0 Å². The third-order valence-electron chi connectivity index (χ3n) is 6.77. The van der Waals surface area contributed by atoms with E-state index in [4.69, 9.17) is 4.74 Å². The minimum absolute atomic E-state index is 0.113. The quantitative estimate of drug-likeness (QED) is 0.123. The van der Waals surface area contributed by atoms with Gasteiger partial charge in [0, 0.05) is 29.9 Å². The van der Waals surface area contributed by atoms with Crippen molar-refractivity contribution in [1.82, 2.24) is 14.8 Å². The number of aryl methyl sites for hydroxylation is 1. The molecule has 2 aromatic rings. The van der Waals surface area contributed by atoms with Crippen LogP contribution in [0.2, 0.25) is 0 Å². The minimum atomic E-state index is -1.04. The van der Waals surface area contributed by atoms with Crippen molar-refractivity contribution in [3.05, 3.63) is 68.0 Å². The number of hydrogen-bond acceptors (Lipinski definition) is 8. The fourth-order valence-electron chi connectivity index (χ4n) is 4.82. The van der Waals surface area contributed by atoms with Gasteiger partial charge in [-0.1, -0.05) is 26.0 Å². The Kier molecular flexibility index (Phi) is 8.49. The molecule has 11 heteroatoms. The summed E-state index contributed by atoms with van der Waals surface area (Å²) in [5, 5.41) is 22.9. The summed E-state index contributed by atoms with van der Waals surface area (Å²) < 4.78 is 4.79. The lowest BCUT2D eigenvalue weighted by Gasteiger charge is -2.26. The molecule has 0 saturated carbocycles. The molecule has 1 aromatic carbocycles. The molecule has 0 bridgehead atoms. The number of nitro groups is 1. The van der Waals surface area contributed by atoms with Gasteiger partial charge < -0.3 is 24.6 Å². The van der Waals surface area contributed by atoms with Crippen LogP contribution in [-0.4, -0.2) is 75.8 Å². The Labute approximate surface area is 214 Å². The predicted octanol–water partition coefficient (Wildman–Crippen LogP) is 3.48. The number of aromatic amines is 1. The third kappa shape index (κ3) is 5.26. The van der Waals surface area contributed by atoms with Crippen LogP contribution in [0.25, 0.3) is 5.76 Å². The van der Waals surface area contributed by atoms with Crippen LogP contribution in [-0.2, 0) is 14.3 Å². The molecule has 0 spiro atoms. The number of carbonyl (C=O) groups excluding carboxylic acids is 3. The van der Waals surface area contributed by atoms with Crippen molar-refractivity contribution in [3.8, 4) is 0 Å². The Morgan fingerprint density at radius 3 is 2.51 bits per heavy atom. The Balaban J connectivity index is 2.17. The maximum atomic E-state index is 13.3. The highest BCUT2D eigenvalue weighted by atomic mass is 16.6. The molecular formula is C26H32N4O7. The molecule has 2 N–H and O–H groups in total. The van der Waals surface area contributed by atoms with Gasteiger partial charge in [-0.3, -0.25) is 19.7 Å². The SMILES string of the molecule is CCN(CC)CCCN1C(=O)C(=O)C(=C(O)c2c(C)[nH]c(C(=O)OC)c2C)C1c1cccc([N+](=O)[O-])c1. The lowest BCUT2D eigenvalue weighted by atomic mass is 9.93. The fraction of sp³-hybridized carbons (Fsp3) is 0.423. The summed E-state index contributed by atoms with van der Waals surface area (Å²) in [5.41, 5.74) is 1.02. The van der Waals surface area contributed by atoms with E-state index >= 15 is 0 Å². The first kappa shape index (κ1) is 27.6. The molecule has 37 heavy (non-hydrogen) atoms. The van der Waals surface area contributed by atoms with Gasteiger partial charge in [0.1, 0.15) is 11.5 Å². The molecule has 1 amide bonds. The first-order valence-corrected chi connectivity index (χ1v) is 12.1. The van der Waals surface area contributed by atoms with Crippen molar-refractivity contribution in [2.24, 2.45) is 0 Å². The number of ketones is 1. The normalized spacial score (nSPS) is 17.0. The van der Waals surface area contributed by atoms with Crippen LogP contribution in [0.15, 0.2) is 29.8 Å². The maximum absolute atomic E-state index is 13.3. The molecule has 0 radical (unpaired) electrons. The monoisotopic (exact) mass is 512 g/mol. The standard InChI is InChI=1S/C26H32N4O7/c1-6-28(7-2)12-9-13-29-22(17-10-8-11-18(14-17)30(35)36)20(24(32)25(29)33)23(31)19-15(3)21(26(34)37-5)27-16(19)4/h8,10-11,14,22,27,31H,6-7,9,12-13H2,1-5H3. The first-order chi connectivity index (χ1) is 17.6. The summed E-state index contributed by atoms with van der Waals surface area (Å²) in [6.45, 7) is 9.84. The number of esters is 1. The van der Waals surface area contributed by atoms with E-state index in [1.165, 1.54) is 30.2 Å². The van der Waals surface area contributed by atoms with Crippen LogP contribution >= 0.6 is 0 Å². The van der Waals surface area contributed by atoms with Gasteiger partial charge in [0.05, 0.1) is 23.6 Å². The summed E-state index contributed by atoms with van der Waals surface area (Å²) in [5.74, 6) is -2.79. The van der Waals surface area contributed by atoms with Gasteiger partial charge in [-0.25, -0.2) is 4.79 Å². The van der Waals surface area contributed by atoms with Crippen LogP contribution < -0.4 is 0 Å². The van der Waals surface area contributed by atoms with Crippen molar-refractivity contribution < 1.29 is 29.2 Å². The molecular weight excluding hydrogens is 480 g/mol. The maximum Gasteiger partial charge on any atom is 0.354 e. The molecule has 1 aliphatic rings. The topological polar surface area (TPSA) is 146 Å². The molecule has 1 aromatic heterocycles. The number of hydrogen-bond donors (Lipinski definition) is 2.